The van der Waals surface area contributed by atoms with Crippen molar-refractivity contribution in [2.75, 3.05) is 13.1 Å². The minimum atomic E-state index is -0.137. The van der Waals surface area contributed by atoms with E-state index in [4.69, 9.17) is 0 Å². The van der Waals surface area contributed by atoms with Crippen LogP contribution < -0.4 is 5.32 Å². The van der Waals surface area contributed by atoms with Crippen LogP contribution in [0, 0.1) is 23.6 Å². The van der Waals surface area contributed by atoms with Gasteiger partial charge in [-0.2, -0.15) is 0 Å². The lowest BCUT2D eigenvalue weighted by atomic mass is 9.73. The van der Waals surface area contributed by atoms with Gasteiger partial charge < -0.3 is 5.32 Å². The summed E-state index contributed by atoms with van der Waals surface area (Å²) in [7, 11) is 0. The van der Waals surface area contributed by atoms with E-state index in [-0.39, 0.29) is 5.82 Å². The number of benzene rings is 1. The van der Waals surface area contributed by atoms with Crippen molar-refractivity contribution in [1.29, 1.82) is 0 Å². The maximum absolute atomic E-state index is 12.9. The van der Waals surface area contributed by atoms with Crippen LogP contribution in [0.5, 0.6) is 0 Å². The molecule has 1 fully saturated rings. The van der Waals surface area contributed by atoms with Crippen molar-refractivity contribution in [1.82, 2.24) is 5.32 Å². The largest absolute Gasteiger partial charge is 0.316 e. The minimum absolute atomic E-state index is 0.137. The average Bonchev–Trinajstić information content (AvgIpc) is 2.29. The molecule has 1 atom stereocenters. The van der Waals surface area contributed by atoms with Gasteiger partial charge in [-0.25, -0.2) is 4.39 Å². The van der Waals surface area contributed by atoms with Gasteiger partial charge in [-0.1, -0.05) is 45.2 Å². The zero-order valence-corrected chi connectivity index (χ0v) is 12.2. The summed E-state index contributed by atoms with van der Waals surface area (Å²) < 4.78 is 12.9. The van der Waals surface area contributed by atoms with Crippen LogP contribution in [0.15, 0.2) is 24.3 Å². The molecule has 0 saturated heterocycles. The van der Waals surface area contributed by atoms with E-state index in [1.807, 2.05) is 12.1 Å². The molecule has 1 saturated carbocycles. The van der Waals surface area contributed by atoms with Crippen molar-refractivity contribution in [2.45, 2.75) is 39.5 Å². The molecule has 106 valence electrons. The van der Waals surface area contributed by atoms with Gasteiger partial charge in [0.05, 0.1) is 0 Å². The molecule has 1 aromatic carbocycles. The van der Waals surface area contributed by atoms with Crippen molar-refractivity contribution in [3.05, 3.63) is 35.6 Å². The van der Waals surface area contributed by atoms with Crippen LogP contribution in [0.1, 0.15) is 38.7 Å². The molecular weight excluding hydrogens is 237 g/mol. The lowest BCUT2D eigenvalue weighted by Crippen LogP contribution is -2.34. The van der Waals surface area contributed by atoms with Crippen molar-refractivity contribution < 1.29 is 4.39 Å². The van der Waals surface area contributed by atoms with Crippen LogP contribution in [-0.2, 0) is 6.42 Å². The predicted octanol–water partition coefficient (Wildman–Crippen LogP) is 4.03. The summed E-state index contributed by atoms with van der Waals surface area (Å²) in [4.78, 5) is 0. The van der Waals surface area contributed by atoms with Gasteiger partial charge in [-0.15, -0.1) is 0 Å². The fourth-order valence-electron chi connectivity index (χ4n) is 2.80. The second-order valence-electron chi connectivity index (χ2n) is 6.33. The first-order valence-electron chi connectivity index (χ1n) is 7.60. The second-order valence-corrected chi connectivity index (χ2v) is 6.33. The Hall–Kier alpha value is -0.890. The molecule has 1 unspecified atom stereocenters. The van der Waals surface area contributed by atoms with E-state index in [2.05, 4.69) is 19.2 Å². The standard InChI is InChI=1S/C17H26FN/c1-13(2)11-19-12-16(15-4-3-5-15)10-14-6-8-17(18)9-7-14/h6-9,13,15-16,19H,3-5,10-12H2,1-2H3. The highest BCUT2D eigenvalue weighted by molar-refractivity contribution is 5.17. The maximum Gasteiger partial charge on any atom is 0.123 e. The summed E-state index contributed by atoms with van der Waals surface area (Å²) in [5, 5.41) is 3.59. The minimum Gasteiger partial charge on any atom is -0.316 e. The molecule has 19 heavy (non-hydrogen) atoms. The van der Waals surface area contributed by atoms with E-state index in [0.717, 1.165) is 25.4 Å². The fraction of sp³-hybridized carbons (Fsp3) is 0.647. The highest BCUT2D eigenvalue weighted by Gasteiger charge is 2.27. The van der Waals surface area contributed by atoms with Gasteiger partial charge in [0.2, 0.25) is 0 Å². The van der Waals surface area contributed by atoms with E-state index in [1.54, 1.807) is 12.1 Å². The summed E-state index contributed by atoms with van der Waals surface area (Å²) >= 11 is 0. The molecule has 2 heteroatoms. The molecule has 0 aliphatic heterocycles. The lowest BCUT2D eigenvalue weighted by molar-refractivity contribution is 0.198. The molecule has 1 aliphatic rings. The predicted molar refractivity (Wildman–Crippen MR) is 78.6 cm³/mol. The van der Waals surface area contributed by atoms with Crippen molar-refractivity contribution in [3.63, 3.8) is 0 Å². The fourth-order valence-corrected chi connectivity index (χ4v) is 2.80. The van der Waals surface area contributed by atoms with Crippen molar-refractivity contribution in [2.24, 2.45) is 17.8 Å². The Morgan fingerprint density at radius 1 is 1.16 bits per heavy atom. The van der Waals surface area contributed by atoms with Crippen LogP contribution in [0.25, 0.3) is 0 Å². The third-order valence-electron chi connectivity index (χ3n) is 4.19. The third kappa shape index (κ3) is 4.61. The van der Waals surface area contributed by atoms with E-state index in [1.165, 1.54) is 24.8 Å². The molecule has 0 heterocycles. The number of halogens is 1. The Bertz CT molecular complexity index is 367. The molecular formula is C17H26FN. The SMILES string of the molecule is CC(C)CNCC(Cc1ccc(F)cc1)C1CCC1. The van der Waals surface area contributed by atoms with Gasteiger partial charge in [0.15, 0.2) is 0 Å². The summed E-state index contributed by atoms with van der Waals surface area (Å²) in [5.41, 5.74) is 1.27. The van der Waals surface area contributed by atoms with E-state index in [0.29, 0.717) is 11.8 Å². The highest BCUT2D eigenvalue weighted by atomic mass is 19.1. The molecule has 1 N–H and O–H groups in total. The van der Waals surface area contributed by atoms with Gasteiger partial charge in [0.25, 0.3) is 0 Å². The van der Waals surface area contributed by atoms with Gasteiger partial charge in [0.1, 0.15) is 5.82 Å². The highest BCUT2D eigenvalue weighted by Crippen LogP contribution is 2.35. The zero-order valence-electron chi connectivity index (χ0n) is 12.2. The molecule has 0 aromatic heterocycles. The summed E-state index contributed by atoms with van der Waals surface area (Å²) in [5.74, 6) is 2.14. The Morgan fingerprint density at radius 2 is 1.84 bits per heavy atom. The van der Waals surface area contributed by atoms with Gasteiger partial charge in [0, 0.05) is 0 Å². The molecule has 0 bridgehead atoms. The van der Waals surface area contributed by atoms with Crippen LogP contribution in [0.4, 0.5) is 4.39 Å². The lowest BCUT2D eigenvalue weighted by Gasteiger charge is -2.34. The second kappa shape index (κ2) is 7.04. The van der Waals surface area contributed by atoms with Crippen LogP contribution >= 0.6 is 0 Å². The van der Waals surface area contributed by atoms with Gasteiger partial charge in [-0.05, 0) is 55.0 Å². The monoisotopic (exact) mass is 263 g/mol. The normalized spacial score (nSPS) is 17.5. The summed E-state index contributed by atoms with van der Waals surface area (Å²) in [6, 6.07) is 7.02. The average molecular weight is 263 g/mol. The third-order valence-corrected chi connectivity index (χ3v) is 4.19. The molecule has 0 amide bonds. The number of hydrogen-bond donors (Lipinski definition) is 1. The summed E-state index contributed by atoms with van der Waals surface area (Å²) in [6.45, 7) is 6.67. The Kier molecular flexibility index (Phi) is 5.38. The number of nitrogens with one attached hydrogen (secondary N) is 1. The van der Waals surface area contributed by atoms with E-state index < -0.39 is 0 Å². The van der Waals surface area contributed by atoms with E-state index in [9.17, 15) is 4.39 Å². The Morgan fingerprint density at radius 3 is 2.37 bits per heavy atom. The molecule has 1 aromatic rings. The van der Waals surface area contributed by atoms with Crippen LogP contribution in [0.2, 0.25) is 0 Å². The van der Waals surface area contributed by atoms with Crippen LogP contribution in [-0.4, -0.2) is 13.1 Å². The van der Waals surface area contributed by atoms with Crippen molar-refractivity contribution >= 4 is 0 Å². The maximum atomic E-state index is 12.9. The first kappa shape index (κ1) is 14.5. The van der Waals surface area contributed by atoms with Crippen LogP contribution in [0.3, 0.4) is 0 Å². The smallest absolute Gasteiger partial charge is 0.123 e. The molecule has 0 radical (unpaired) electrons. The Balaban J connectivity index is 1.87. The first-order valence-corrected chi connectivity index (χ1v) is 7.60. The first-order chi connectivity index (χ1) is 9.15. The Labute approximate surface area is 116 Å². The zero-order chi connectivity index (χ0) is 13.7. The van der Waals surface area contributed by atoms with Gasteiger partial charge in [-0.3, -0.25) is 0 Å². The quantitative estimate of drug-likeness (QED) is 0.783. The number of rotatable bonds is 7. The van der Waals surface area contributed by atoms with E-state index >= 15 is 0 Å². The molecule has 1 nitrogen and oxygen atoms in total. The van der Waals surface area contributed by atoms with Crippen molar-refractivity contribution in [3.8, 4) is 0 Å². The molecule has 1 aliphatic carbocycles. The summed E-state index contributed by atoms with van der Waals surface area (Å²) in [6.07, 6.45) is 5.20. The topological polar surface area (TPSA) is 12.0 Å². The molecule has 0 spiro atoms. The van der Waals surface area contributed by atoms with Gasteiger partial charge >= 0.3 is 0 Å². The molecule has 2 rings (SSSR count). The number of hydrogen-bond acceptors (Lipinski definition) is 1.